The summed E-state index contributed by atoms with van der Waals surface area (Å²) in [5, 5.41) is 0.753. The molecule has 3 rings (SSSR count). The van der Waals surface area contributed by atoms with Gasteiger partial charge in [-0.15, -0.1) is 24.2 Å². The van der Waals surface area contributed by atoms with Crippen LogP contribution in [0.15, 0.2) is 51.8 Å². The minimum absolute atomic E-state index is 0. The van der Waals surface area contributed by atoms with Crippen molar-refractivity contribution in [3.63, 3.8) is 0 Å². The van der Waals surface area contributed by atoms with Gasteiger partial charge in [-0.25, -0.2) is 4.98 Å². The lowest BCUT2D eigenvalue weighted by atomic mass is 10.2. The van der Waals surface area contributed by atoms with Crippen molar-refractivity contribution in [2.45, 2.75) is 11.3 Å². The van der Waals surface area contributed by atoms with Gasteiger partial charge in [-0.2, -0.15) is 0 Å². The number of benzene rings is 2. The van der Waals surface area contributed by atoms with Crippen LogP contribution in [0.5, 0.6) is 0 Å². The highest BCUT2D eigenvalue weighted by Crippen LogP contribution is 2.32. The minimum atomic E-state index is 0. The molecular formula is C20H23BrClN3OS2. The van der Waals surface area contributed by atoms with Crippen LogP contribution in [0.1, 0.15) is 16.8 Å². The molecule has 2 aromatic carbocycles. The Bertz CT molecular complexity index is 948. The van der Waals surface area contributed by atoms with Crippen LogP contribution in [-0.2, 0) is 0 Å². The van der Waals surface area contributed by atoms with Crippen LogP contribution in [-0.4, -0.2) is 49.2 Å². The van der Waals surface area contributed by atoms with Crippen LogP contribution in [0.3, 0.4) is 0 Å². The Kier molecular flexibility index (Phi) is 8.77. The van der Waals surface area contributed by atoms with Crippen molar-refractivity contribution < 1.29 is 4.79 Å². The first-order valence-electron chi connectivity index (χ1n) is 8.65. The van der Waals surface area contributed by atoms with Crippen LogP contribution in [0.4, 0.5) is 5.13 Å². The van der Waals surface area contributed by atoms with Gasteiger partial charge < -0.3 is 4.90 Å². The van der Waals surface area contributed by atoms with Gasteiger partial charge in [0.1, 0.15) is 0 Å². The molecule has 0 saturated carbocycles. The van der Waals surface area contributed by atoms with Crippen molar-refractivity contribution in [3.05, 3.63) is 52.5 Å². The summed E-state index contributed by atoms with van der Waals surface area (Å²) in [5.41, 5.74) is 1.65. The van der Waals surface area contributed by atoms with Crippen molar-refractivity contribution in [1.82, 2.24) is 9.88 Å². The summed E-state index contributed by atoms with van der Waals surface area (Å²) in [4.78, 5) is 23.1. The molecule has 4 nitrogen and oxygen atoms in total. The van der Waals surface area contributed by atoms with Crippen LogP contribution in [0.2, 0.25) is 0 Å². The fraction of sp³-hybridized carbons (Fsp3) is 0.300. The van der Waals surface area contributed by atoms with Crippen molar-refractivity contribution in [2.24, 2.45) is 0 Å². The molecule has 1 aromatic heterocycles. The first-order valence-corrected chi connectivity index (χ1v) is 11.5. The molecule has 0 saturated heterocycles. The molecule has 0 bridgehead atoms. The molecule has 0 fully saturated rings. The fourth-order valence-electron chi connectivity index (χ4n) is 2.80. The van der Waals surface area contributed by atoms with E-state index in [0.717, 1.165) is 43.2 Å². The third-order valence-electron chi connectivity index (χ3n) is 4.14. The maximum atomic E-state index is 13.4. The second kappa shape index (κ2) is 10.6. The number of carbonyl (C=O) groups is 1. The van der Waals surface area contributed by atoms with Crippen LogP contribution >= 0.6 is 51.4 Å². The van der Waals surface area contributed by atoms with E-state index < -0.39 is 0 Å². The lowest BCUT2D eigenvalue weighted by Crippen LogP contribution is -2.33. The van der Waals surface area contributed by atoms with Crippen molar-refractivity contribution in [2.75, 3.05) is 38.3 Å². The topological polar surface area (TPSA) is 36.4 Å². The number of hydrogen-bond acceptors (Lipinski definition) is 5. The van der Waals surface area contributed by atoms with E-state index in [0.29, 0.717) is 6.54 Å². The van der Waals surface area contributed by atoms with Gasteiger partial charge in [0, 0.05) is 15.9 Å². The monoisotopic (exact) mass is 499 g/mol. The van der Waals surface area contributed by atoms with Crippen molar-refractivity contribution in [1.29, 1.82) is 0 Å². The third-order valence-corrected chi connectivity index (χ3v) is 6.47. The summed E-state index contributed by atoms with van der Waals surface area (Å²) in [5.74, 6) is 0.0110. The van der Waals surface area contributed by atoms with Gasteiger partial charge in [0.15, 0.2) is 5.13 Å². The molecule has 1 amide bonds. The molecule has 0 radical (unpaired) electrons. The Morgan fingerprint density at radius 3 is 2.64 bits per heavy atom. The predicted octanol–water partition coefficient (Wildman–Crippen LogP) is 5.80. The minimum Gasteiger partial charge on any atom is -0.309 e. The molecule has 0 atom stereocenters. The molecule has 1 heterocycles. The number of thioether (sulfide) groups is 1. The second-order valence-electron chi connectivity index (χ2n) is 6.42. The maximum Gasteiger partial charge on any atom is 0.261 e. The van der Waals surface area contributed by atoms with E-state index in [1.54, 1.807) is 23.1 Å². The molecule has 0 aliphatic heterocycles. The lowest BCUT2D eigenvalue weighted by Gasteiger charge is -2.22. The Hall–Kier alpha value is -1.12. The Morgan fingerprint density at radius 1 is 1.18 bits per heavy atom. The second-order valence-corrected chi connectivity index (χ2v) is 9.20. The number of nitrogens with zero attached hydrogens (tertiary/aromatic N) is 3. The standard InChI is InChI=1S/C20H22BrN3OS2.ClH/c1-23(2)11-6-12-24(19(25)15-7-4-5-8-17(15)26-3)20-22-16-10-9-14(21)13-18(16)27-20;/h4-5,7-10,13H,6,11-12H2,1-3H3;1H. The van der Waals surface area contributed by atoms with Gasteiger partial charge in [-0.05, 0) is 63.6 Å². The van der Waals surface area contributed by atoms with E-state index in [1.807, 2.05) is 61.6 Å². The number of aromatic nitrogens is 1. The molecule has 0 spiro atoms. The summed E-state index contributed by atoms with van der Waals surface area (Å²) in [7, 11) is 4.09. The smallest absolute Gasteiger partial charge is 0.261 e. The highest BCUT2D eigenvalue weighted by Gasteiger charge is 2.23. The number of thiazole rings is 1. The summed E-state index contributed by atoms with van der Waals surface area (Å²) in [6.07, 6.45) is 2.89. The third kappa shape index (κ3) is 5.48. The van der Waals surface area contributed by atoms with Crippen molar-refractivity contribution >= 4 is 72.7 Å². The van der Waals surface area contributed by atoms with E-state index in [2.05, 4.69) is 26.9 Å². The zero-order valence-corrected chi connectivity index (χ0v) is 20.1. The number of rotatable bonds is 7. The molecule has 0 N–H and O–H groups in total. The van der Waals surface area contributed by atoms with E-state index in [-0.39, 0.29) is 18.3 Å². The maximum absolute atomic E-state index is 13.4. The van der Waals surface area contributed by atoms with E-state index in [9.17, 15) is 4.79 Å². The molecule has 0 aliphatic rings. The molecule has 150 valence electrons. The van der Waals surface area contributed by atoms with E-state index >= 15 is 0 Å². The number of halogens is 2. The number of fused-ring (bicyclic) bond motifs is 1. The van der Waals surface area contributed by atoms with Crippen molar-refractivity contribution in [3.8, 4) is 0 Å². The molecule has 28 heavy (non-hydrogen) atoms. The van der Waals surface area contributed by atoms with Crippen LogP contribution < -0.4 is 4.90 Å². The van der Waals surface area contributed by atoms with E-state index in [4.69, 9.17) is 4.98 Å². The quantitative estimate of drug-likeness (QED) is 0.384. The molecule has 3 aromatic rings. The fourth-order valence-corrected chi connectivity index (χ4v) is 4.93. The van der Waals surface area contributed by atoms with Gasteiger partial charge in [-0.3, -0.25) is 9.69 Å². The number of carbonyl (C=O) groups excluding carboxylic acids is 1. The zero-order chi connectivity index (χ0) is 19.4. The Morgan fingerprint density at radius 2 is 1.93 bits per heavy atom. The van der Waals surface area contributed by atoms with Gasteiger partial charge in [0.25, 0.3) is 5.91 Å². The number of hydrogen-bond donors (Lipinski definition) is 0. The molecule has 0 unspecified atom stereocenters. The summed E-state index contributed by atoms with van der Waals surface area (Å²) < 4.78 is 2.09. The average Bonchev–Trinajstić information content (AvgIpc) is 3.07. The highest BCUT2D eigenvalue weighted by atomic mass is 79.9. The summed E-state index contributed by atoms with van der Waals surface area (Å²) in [6.45, 7) is 1.56. The zero-order valence-electron chi connectivity index (χ0n) is 16.0. The average molecular weight is 501 g/mol. The summed E-state index contributed by atoms with van der Waals surface area (Å²) in [6, 6.07) is 13.8. The van der Waals surface area contributed by atoms with Crippen LogP contribution in [0.25, 0.3) is 10.2 Å². The molecule has 8 heteroatoms. The van der Waals surface area contributed by atoms with E-state index in [1.165, 1.54) is 0 Å². The Balaban J connectivity index is 0.00000280. The number of anilines is 1. The van der Waals surface area contributed by atoms with Gasteiger partial charge in [0.2, 0.25) is 0 Å². The predicted molar refractivity (Wildman–Crippen MR) is 128 cm³/mol. The first kappa shape index (κ1) is 23.2. The normalized spacial score (nSPS) is 10.9. The lowest BCUT2D eigenvalue weighted by molar-refractivity contribution is 0.0983. The summed E-state index contributed by atoms with van der Waals surface area (Å²) >= 11 is 6.66. The van der Waals surface area contributed by atoms with Gasteiger partial charge in [-0.1, -0.05) is 39.4 Å². The molecule has 0 aliphatic carbocycles. The van der Waals surface area contributed by atoms with Gasteiger partial charge >= 0.3 is 0 Å². The SMILES string of the molecule is CSc1ccccc1C(=O)N(CCCN(C)C)c1nc2ccc(Br)cc2s1.Cl. The first-order chi connectivity index (χ1) is 13.0. The number of amides is 1. The van der Waals surface area contributed by atoms with Crippen LogP contribution in [0, 0.1) is 0 Å². The Labute approximate surface area is 188 Å². The molecular weight excluding hydrogens is 478 g/mol. The highest BCUT2D eigenvalue weighted by molar-refractivity contribution is 9.10. The largest absolute Gasteiger partial charge is 0.309 e. The van der Waals surface area contributed by atoms with Gasteiger partial charge in [0.05, 0.1) is 15.8 Å².